The molecule has 0 atom stereocenters. The van der Waals surface area contributed by atoms with Gasteiger partial charge in [0.2, 0.25) is 0 Å². The number of nitrogens with zero attached hydrogens (tertiary/aromatic N) is 1. The Balaban J connectivity index is 2.63. The first kappa shape index (κ1) is 10.5. The van der Waals surface area contributed by atoms with Gasteiger partial charge in [-0.1, -0.05) is 0 Å². The highest BCUT2D eigenvalue weighted by atomic mass is 16.5. The fourth-order valence-electron chi connectivity index (χ4n) is 0.854. The summed E-state index contributed by atoms with van der Waals surface area (Å²) in [7, 11) is 1.29. The van der Waals surface area contributed by atoms with Crippen molar-refractivity contribution in [3.8, 4) is 5.75 Å². The Hall–Kier alpha value is -1.62. The number of aliphatic hydroxyl groups is 1. The van der Waals surface area contributed by atoms with E-state index < -0.39 is 5.97 Å². The average Bonchev–Trinajstić information content (AvgIpc) is 2.26. The van der Waals surface area contributed by atoms with Crippen LogP contribution in [0.1, 0.15) is 10.5 Å². The number of carbonyl (C=O) groups is 1. The average molecular weight is 197 g/mol. The number of rotatable bonds is 4. The summed E-state index contributed by atoms with van der Waals surface area (Å²) in [6, 6.07) is 3.09. The first-order valence-electron chi connectivity index (χ1n) is 4.06. The zero-order valence-corrected chi connectivity index (χ0v) is 7.77. The molecule has 1 rings (SSSR count). The van der Waals surface area contributed by atoms with Gasteiger partial charge in [-0.05, 0) is 12.1 Å². The van der Waals surface area contributed by atoms with Gasteiger partial charge in [0.1, 0.15) is 18.1 Å². The molecule has 0 saturated carbocycles. The Morgan fingerprint density at radius 3 is 2.86 bits per heavy atom. The van der Waals surface area contributed by atoms with Crippen molar-refractivity contribution in [3.05, 3.63) is 24.0 Å². The summed E-state index contributed by atoms with van der Waals surface area (Å²) in [6.45, 7) is 0.151. The quantitative estimate of drug-likeness (QED) is 0.700. The Morgan fingerprint density at radius 1 is 1.57 bits per heavy atom. The van der Waals surface area contributed by atoms with Gasteiger partial charge < -0.3 is 14.6 Å². The van der Waals surface area contributed by atoms with E-state index in [1.54, 1.807) is 6.07 Å². The number of ether oxygens (including phenoxy) is 2. The number of hydrogen-bond donors (Lipinski definition) is 1. The molecule has 0 aliphatic rings. The molecule has 0 aliphatic heterocycles. The number of pyridine rings is 1. The lowest BCUT2D eigenvalue weighted by molar-refractivity contribution is 0.0594. The largest absolute Gasteiger partial charge is 0.490 e. The molecule has 0 fully saturated rings. The summed E-state index contributed by atoms with van der Waals surface area (Å²) in [5.41, 5.74) is 0.226. The van der Waals surface area contributed by atoms with Crippen LogP contribution < -0.4 is 4.74 Å². The lowest BCUT2D eigenvalue weighted by atomic mass is 10.3. The molecule has 1 N–H and O–H groups in total. The molecule has 14 heavy (non-hydrogen) atoms. The third-order valence-corrected chi connectivity index (χ3v) is 1.49. The number of aromatic nitrogens is 1. The van der Waals surface area contributed by atoms with E-state index in [1.165, 1.54) is 19.4 Å². The van der Waals surface area contributed by atoms with E-state index in [0.717, 1.165) is 0 Å². The molecular weight excluding hydrogens is 186 g/mol. The summed E-state index contributed by atoms with van der Waals surface area (Å²) in [5, 5.41) is 8.49. The summed E-state index contributed by atoms with van der Waals surface area (Å²) in [4.78, 5) is 14.8. The van der Waals surface area contributed by atoms with Crippen molar-refractivity contribution < 1.29 is 19.4 Å². The molecule has 0 amide bonds. The normalized spacial score (nSPS) is 9.57. The van der Waals surface area contributed by atoms with Crippen molar-refractivity contribution in [1.82, 2.24) is 4.98 Å². The Kier molecular flexibility index (Phi) is 3.87. The molecule has 0 bridgehead atoms. The van der Waals surface area contributed by atoms with Gasteiger partial charge in [0, 0.05) is 0 Å². The highest BCUT2D eigenvalue weighted by molar-refractivity contribution is 5.87. The highest BCUT2D eigenvalue weighted by Crippen LogP contribution is 2.09. The van der Waals surface area contributed by atoms with Crippen molar-refractivity contribution in [3.63, 3.8) is 0 Å². The fraction of sp³-hybridized carbons (Fsp3) is 0.333. The van der Waals surface area contributed by atoms with Gasteiger partial charge in [-0.2, -0.15) is 0 Å². The molecule has 0 spiro atoms. The minimum absolute atomic E-state index is 0.0568. The molecule has 1 heterocycles. The van der Waals surface area contributed by atoms with Crippen LogP contribution in [-0.2, 0) is 4.74 Å². The summed E-state index contributed by atoms with van der Waals surface area (Å²) >= 11 is 0. The highest BCUT2D eigenvalue weighted by Gasteiger charge is 2.05. The Labute approximate surface area is 81.3 Å². The fourth-order valence-corrected chi connectivity index (χ4v) is 0.854. The monoisotopic (exact) mass is 197 g/mol. The van der Waals surface area contributed by atoms with Gasteiger partial charge in [0.05, 0.1) is 19.9 Å². The summed E-state index contributed by atoms with van der Waals surface area (Å²) in [5.74, 6) is 0.0189. The molecule has 1 aromatic rings. The zero-order valence-electron chi connectivity index (χ0n) is 7.77. The molecule has 0 saturated heterocycles. The van der Waals surface area contributed by atoms with Crippen LogP contribution in [0, 0.1) is 0 Å². The second-order valence-electron chi connectivity index (χ2n) is 2.44. The second kappa shape index (κ2) is 5.18. The smallest absolute Gasteiger partial charge is 0.356 e. The van der Waals surface area contributed by atoms with Crippen LogP contribution in [-0.4, -0.2) is 36.4 Å². The van der Waals surface area contributed by atoms with E-state index in [0.29, 0.717) is 5.75 Å². The molecule has 0 unspecified atom stereocenters. The van der Waals surface area contributed by atoms with Crippen molar-refractivity contribution >= 4 is 5.97 Å². The molecule has 1 aromatic heterocycles. The molecule has 5 nitrogen and oxygen atoms in total. The zero-order chi connectivity index (χ0) is 10.4. The minimum Gasteiger partial charge on any atom is -0.490 e. The molecule has 0 aromatic carbocycles. The third-order valence-electron chi connectivity index (χ3n) is 1.49. The van der Waals surface area contributed by atoms with Crippen molar-refractivity contribution in [2.24, 2.45) is 0 Å². The summed E-state index contributed by atoms with van der Waals surface area (Å²) in [6.07, 6.45) is 1.40. The molecule has 5 heteroatoms. The van der Waals surface area contributed by atoms with Crippen LogP contribution in [0.4, 0.5) is 0 Å². The maximum atomic E-state index is 11.0. The van der Waals surface area contributed by atoms with Crippen LogP contribution in [0.15, 0.2) is 18.3 Å². The van der Waals surface area contributed by atoms with Crippen molar-refractivity contribution in [1.29, 1.82) is 0 Å². The van der Waals surface area contributed by atoms with Gasteiger partial charge >= 0.3 is 5.97 Å². The van der Waals surface area contributed by atoms with Crippen LogP contribution in [0.5, 0.6) is 5.75 Å². The van der Waals surface area contributed by atoms with Gasteiger partial charge in [0.15, 0.2) is 0 Å². The number of aliphatic hydroxyl groups excluding tert-OH is 1. The summed E-state index contributed by atoms with van der Waals surface area (Å²) < 4.78 is 9.53. The topological polar surface area (TPSA) is 68.7 Å². The van der Waals surface area contributed by atoms with E-state index in [2.05, 4.69) is 9.72 Å². The van der Waals surface area contributed by atoms with Gasteiger partial charge in [-0.3, -0.25) is 0 Å². The predicted octanol–water partition coefficient (Wildman–Crippen LogP) is 0.239. The maximum Gasteiger partial charge on any atom is 0.356 e. The maximum absolute atomic E-state index is 11.0. The van der Waals surface area contributed by atoms with Crippen LogP contribution in [0.3, 0.4) is 0 Å². The van der Waals surface area contributed by atoms with Crippen molar-refractivity contribution in [2.45, 2.75) is 0 Å². The molecule has 0 radical (unpaired) electrons. The first-order valence-corrected chi connectivity index (χ1v) is 4.06. The molecule has 76 valence electrons. The van der Waals surface area contributed by atoms with E-state index >= 15 is 0 Å². The Bertz CT molecular complexity index is 296. The number of esters is 1. The Morgan fingerprint density at radius 2 is 2.36 bits per heavy atom. The van der Waals surface area contributed by atoms with Gasteiger partial charge in [-0.15, -0.1) is 0 Å². The van der Waals surface area contributed by atoms with E-state index in [4.69, 9.17) is 9.84 Å². The minimum atomic E-state index is -0.487. The number of methoxy groups -OCH3 is 1. The molecular formula is C9H11NO4. The number of carbonyl (C=O) groups excluding carboxylic acids is 1. The first-order chi connectivity index (χ1) is 6.77. The lowest BCUT2D eigenvalue weighted by Gasteiger charge is -2.03. The van der Waals surface area contributed by atoms with Crippen LogP contribution >= 0.6 is 0 Å². The van der Waals surface area contributed by atoms with Crippen LogP contribution in [0.2, 0.25) is 0 Å². The predicted molar refractivity (Wildman–Crippen MR) is 48.2 cm³/mol. The molecule has 0 aliphatic carbocycles. The number of hydrogen-bond acceptors (Lipinski definition) is 5. The lowest BCUT2D eigenvalue weighted by Crippen LogP contribution is -2.05. The third kappa shape index (κ3) is 2.70. The van der Waals surface area contributed by atoms with Crippen LogP contribution in [0.25, 0.3) is 0 Å². The van der Waals surface area contributed by atoms with Crippen molar-refractivity contribution in [2.75, 3.05) is 20.3 Å². The standard InChI is InChI=1S/C9H11NO4/c1-13-9(12)8-3-2-7(6-10-8)14-5-4-11/h2-3,6,11H,4-5H2,1H3. The van der Waals surface area contributed by atoms with Gasteiger partial charge in [-0.25, -0.2) is 9.78 Å². The van der Waals surface area contributed by atoms with E-state index in [1.807, 2.05) is 0 Å². The SMILES string of the molecule is COC(=O)c1ccc(OCCO)cn1. The van der Waals surface area contributed by atoms with Gasteiger partial charge in [0.25, 0.3) is 0 Å². The second-order valence-corrected chi connectivity index (χ2v) is 2.44. The van der Waals surface area contributed by atoms with E-state index in [9.17, 15) is 4.79 Å². The van der Waals surface area contributed by atoms with E-state index in [-0.39, 0.29) is 18.9 Å².